The number of hydrogen-bond acceptors (Lipinski definition) is 5. The molecule has 1 aliphatic heterocycles. The minimum absolute atomic E-state index is 0.188. The van der Waals surface area contributed by atoms with Crippen LogP contribution < -0.4 is 10.1 Å². The van der Waals surface area contributed by atoms with Gasteiger partial charge in [0.05, 0.1) is 18.1 Å². The number of sulfonamides is 1. The third kappa shape index (κ3) is 4.87. The van der Waals surface area contributed by atoms with Crippen molar-refractivity contribution in [2.75, 3.05) is 31.6 Å². The smallest absolute Gasteiger partial charge is 0.265 e. The van der Waals surface area contributed by atoms with Gasteiger partial charge in [-0.2, -0.15) is 4.31 Å². The summed E-state index contributed by atoms with van der Waals surface area (Å²) in [6.45, 7) is 3.13. The molecule has 0 unspecified atom stereocenters. The van der Waals surface area contributed by atoms with Crippen LogP contribution in [0, 0.1) is 0 Å². The van der Waals surface area contributed by atoms with Crippen LogP contribution in [0.3, 0.4) is 0 Å². The van der Waals surface area contributed by atoms with Crippen molar-refractivity contribution >= 4 is 32.4 Å². The van der Waals surface area contributed by atoms with Crippen LogP contribution in [0.1, 0.15) is 6.92 Å². The van der Waals surface area contributed by atoms with Crippen LogP contribution in [0.5, 0.6) is 5.75 Å². The van der Waals surface area contributed by atoms with Gasteiger partial charge in [0.2, 0.25) is 10.0 Å². The highest BCUT2D eigenvalue weighted by molar-refractivity contribution is 7.89. The Hall–Kier alpha value is -2.94. The second-order valence-corrected chi connectivity index (χ2v) is 9.24. The lowest BCUT2D eigenvalue weighted by Gasteiger charge is -2.26. The van der Waals surface area contributed by atoms with Crippen molar-refractivity contribution in [3.05, 3.63) is 66.7 Å². The maximum absolute atomic E-state index is 12.7. The third-order valence-corrected chi connectivity index (χ3v) is 7.05. The highest BCUT2D eigenvalue weighted by Gasteiger charge is 2.26. The van der Waals surface area contributed by atoms with Gasteiger partial charge in [0.25, 0.3) is 5.91 Å². The molecule has 0 radical (unpaired) electrons. The number of nitrogens with one attached hydrogen (secondary N) is 1. The van der Waals surface area contributed by atoms with Gasteiger partial charge in [0, 0.05) is 18.8 Å². The number of amides is 1. The van der Waals surface area contributed by atoms with Crippen LogP contribution in [0.4, 0.5) is 5.69 Å². The molecule has 4 rings (SSSR count). The zero-order valence-electron chi connectivity index (χ0n) is 17.2. The van der Waals surface area contributed by atoms with E-state index in [1.54, 1.807) is 19.1 Å². The van der Waals surface area contributed by atoms with Crippen molar-refractivity contribution in [2.24, 2.45) is 0 Å². The molecule has 0 spiro atoms. The van der Waals surface area contributed by atoms with Gasteiger partial charge in [0.15, 0.2) is 6.10 Å². The van der Waals surface area contributed by atoms with Gasteiger partial charge in [0.1, 0.15) is 5.75 Å². The molecule has 8 heteroatoms. The van der Waals surface area contributed by atoms with Crippen LogP contribution in [-0.4, -0.2) is 51.0 Å². The third-order valence-electron chi connectivity index (χ3n) is 5.13. The number of morpholine rings is 1. The number of carbonyl (C=O) groups is 1. The largest absolute Gasteiger partial charge is 0.481 e. The number of nitrogens with zero attached hydrogens (tertiary/aromatic N) is 1. The average molecular weight is 441 g/mol. The average Bonchev–Trinajstić information content (AvgIpc) is 2.80. The fraction of sp³-hybridized carbons (Fsp3) is 0.261. The number of anilines is 1. The van der Waals surface area contributed by atoms with E-state index in [9.17, 15) is 13.2 Å². The summed E-state index contributed by atoms with van der Waals surface area (Å²) in [5.74, 6) is 0.283. The molecule has 7 nitrogen and oxygen atoms in total. The van der Waals surface area contributed by atoms with E-state index in [0.717, 1.165) is 10.8 Å². The summed E-state index contributed by atoms with van der Waals surface area (Å²) in [5, 5.41) is 4.89. The van der Waals surface area contributed by atoms with Crippen LogP contribution in [0.25, 0.3) is 10.8 Å². The summed E-state index contributed by atoms with van der Waals surface area (Å²) in [6, 6.07) is 19.7. The van der Waals surface area contributed by atoms with E-state index in [2.05, 4.69) is 5.32 Å². The lowest BCUT2D eigenvalue weighted by Crippen LogP contribution is -2.40. The minimum Gasteiger partial charge on any atom is -0.481 e. The van der Waals surface area contributed by atoms with E-state index in [1.807, 2.05) is 42.5 Å². The quantitative estimate of drug-likeness (QED) is 0.636. The normalized spacial score (nSPS) is 16.0. The van der Waals surface area contributed by atoms with E-state index in [1.165, 1.54) is 16.4 Å². The van der Waals surface area contributed by atoms with E-state index in [4.69, 9.17) is 9.47 Å². The van der Waals surface area contributed by atoms with Crippen molar-refractivity contribution in [2.45, 2.75) is 17.9 Å². The maximum Gasteiger partial charge on any atom is 0.265 e. The summed E-state index contributed by atoms with van der Waals surface area (Å²) in [6.07, 6.45) is -0.724. The molecule has 0 bridgehead atoms. The fourth-order valence-corrected chi connectivity index (χ4v) is 4.80. The number of rotatable bonds is 6. The van der Waals surface area contributed by atoms with Crippen LogP contribution in [-0.2, 0) is 19.6 Å². The molecule has 0 aromatic heterocycles. The number of benzene rings is 3. The molecule has 1 saturated heterocycles. The fourth-order valence-electron chi connectivity index (χ4n) is 3.39. The Labute approximate surface area is 181 Å². The molecule has 162 valence electrons. The standard InChI is InChI=1S/C23H24N2O5S/c1-17(30-21-9-6-18-4-2-3-5-19(18)16-21)23(26)24-20-7-10-22(11-8-20)31(27,28)25-12-14-29-15-13-25/h2-11,16-17H,12-15H2,1H3,(H,24,26)/t17-/m0/s1. The molecule has 1 fully saturated rings. The topological polar surface area (TPSA) is 84.9 Å². The van der Waals surface area contributed by atoms with Gasteiger partial charge in [-0.3, -0.25) is 4.79 Å². The summed E-state index contributed by atoms with van der Waals surface area (Å²) in [7, 11) is -3.57. The van der Waals surface area contributed by atoms with Gasteiger partial charge in [-0.25, -0.2) is 8.42 Å². The summed E-state index contributed by atoms with van der Waals surface area (Å²) >= 11 is 0. The monoisotopic (exact) mass is 440 g/mol. The maximum atomic E-state index is 12.7. The van der Waals surface area contributed by atoms with Crippen molar-refractivity contribution in [1.82, 2.24) is 4.31 Å². The SMILES string of the molecule is C[C@H](Oc1ccc2ccccc2c1)C(=O)Nc1ccc(S(=O)(=O)N2CCOCC2)cc1. The highest BCUT2D eigenvalue weighted by Crippen LogP contribution is 2.22. The molecule has 0 aliphatic carbocycles. The molecular weight excluding hydrogens is 416 g/mol. The summed E-state index contributed by atoms with van der Waals surface area (Å²) in [5.41, 5.74) is 0.500. The predicted octanol–water partition coefficient (Wildman–Crippen LogP) is 3.27. The molecule has 1 heterocycles. The van der Waals surface area contributed by atoms with E-state index in [-0.39, 0.29) is 10.8 Å². The number of carbonyl (C=O) groups excluding carboxylic acids is 1. The number of hydrogen-bond donors (Lipinski definition) is 1. The molecule has 31 heavy (non-hydrogen) atoms. The van der Waals surface area contributed by atoms with E-state index < -0.39 is 16.1 Å². The van der Waals surface area contributed by atoms with Gasteiger partial charge < -0.3 is 14.8 Å². The first-order valence-electron chi connectivity index (χ1n) is 10.1. The lowest BCUT2D eigenvalue weighted by molar-refractivity contribution is -0.122. The Balaban J connectivity index is 1.39. The second-order valence-electron chi connectivity index (χ2n) is 7.30. The number of fused-ring (bicyclic) bond motifs is 1. The molecule has 3 aromatic rings. The summed E-state index contributed by atoms with van der Waals surface area (Å²) < 4.78 is 37.8. The van der Waals surface area contributed by atoms with Crippen LogP contribution in [0.15, 0.2) is 71.6 Å². The molecule has 0 saturated carbocycles. The molecule has 1 atom stereocenters. The van der Waals surface area contributed by atoms with Crippen molar-refractivity contribution in [3.63, 3.8) is 0 Å². The Morgan fingerprint density at radius 3 is 2.39 bits per heavy atom. The number of ether oxygens (including phenoxy) is 2. The first-order valence-corrected chi connectivity index (χ1v) is 11.5. The van der Waals surface area contributed by atoms with Crippen LogP contribution in [0.2, 0.25) is 0 Å². The zero-order valence-corrected chi connectivity index (χ0v) is 18.0. The second kappa shape index (κ2) is 9.05. The molecule has 1 aliphatic rings. The van der Waals surface area contributed by atoms with Crippen LogP contribution >= 0.6 is 0 Å². The van der Waals surface area contributed by atoms with Crippen molar-refractivity contribution in [1.29, 1.82) is 0 Å². The Morgan fingerprint density at radius 1 is 1.00 bits per heavy atom. The lowest BCUT2D eigenvalue weighted by atomic mass is 10.1. The summed E-state index contributed by atoms with van der Waals surface area (Å²) in [4.78, 5) is 12.7. The molecule has 3 aromatic carbocycles. The molecular formula is C23H24N2O5S. The van der Waals surface area contributed by atoms with Gasteiger partial charge in [-0.1, -0.05) is 30.3 Å². The highest BCUT2D eigenvalue weighted by atomic mass is 32.2. The van der Waals surface area contributed by atoms with Gasteiger partial charge >= 0.3 is 0 Å². The van der Waals surface area contributed by atoms with Gasteiger partial charge in [-0.15, -0.1) is 0 Å². The first-order chi connectivity index (χ1) is 14.9. The van der Waals surface area contributed by atoms with E-state index >= 15 is 0 Å². The van der Waals surface area contributed by atoms with Crippen molar-refractivity contribution < 1.29 is 22.7 Å². The molecule has 1 N–H and O–H groups in total. The first kappa shape index (κ1) is 21.3. The van der Waals surface area contributed by atoms with Crippen molar-refractivity contribution in [3.8, 4) is 5.75 Å². The van der Waals surface area contributed by atoms with E-state index in [0.29, 0.717) is 37.7 Å². The van der Waals surface area contributed by atoms with Gasteiger partial charge in [-0.05, 0) is 54.1 Å². The minimum atomic E-state index is -3.57. The Kier molecular flexibility index (Phi) is 6.22. The zero-order chi connectivity index (χ0) is 21.8. The Bertz CT molecular complexity index is 1170. The molecule has 1 amide bonds. The Morgan fingerprint density at radius 2 is 1.68 bits per heavy atom. The predicted molar refractivity (Wildman–Crippen MR) is 119 cm³/mol.